The fourth-order valence-electron chi connectivity index (χ4n) is 1.38. The van der Waals surface area contributed by atoms with Gasteiger partial charge in [-0.3, -0.25) is 0 Å². The van der Waals surface area contributed by atoms with Crippen molar-refractivity contribution in [3.63, 3.8) is 0 Å². The first-order chi connectivity index (χ1) is 6.16. The van der Waals surface area contributed by atoms with E-state index in [1.807, 2.05) is 33.0 Å². The van der Waals surface area contributed by atoms with Crippen LogP contribution in [0.2, 0.25) is 0 Å². The van der Waals surface area contributed by atoms with E-state index in [0.717, 1.165) is 11.1 Å². The van der Waals surface area contributed by atoms with E-state index in [1.54, 1.807) is 0 Å². The Morgan fingerprint density at radius 2 is 2.38 bits per heavy atom. The minimum absolute atomic E-state index is 0.0454. The molecule has 0 aromatic heterocycles. The lowest BCUT2D eigenvalue weighted by atomic mass is 10.0. The second kappa shape index (κ2) is 4.12. The molecule has 0 aliphatic carbocycles. The number of hydrogen-bond acceptors (Lipinski definition) is 3. The van der Waals surface area contributed by atoms with Gasteiger partial charge in [-0.05, 0) is 38.6 Å². The summed E-state index contributed by atoms with van der Waals surface area (Å²) in [6, 6.07) is 0.0454. The van der Waals surface area contributed by atoms with Crippen LogP contribution in [0.3, 0.4) is 0 Å². The first-order valence-corrected chi connectivity index (χ1v) is 4.47. The molecule has 0 saturated carbocycles. The van der Waals surface area contributed by atoms with E-state index in [4.69, 9.17) is 4.74 Å². The first-order valence-electron chi connectivity index (χ1n) is 4.47. The van der Waals surface area contributed by atoms with Gasteiger partial charge in [0, 0.05) is 0 Å². The fraction of sp³-hybridized carbons (Fsp3) is 0.500. The Morgan fingerprint density at radius 1 is 1.69 bits per heavy atom. The fourth-order valence-corrected chi connectivity index (χ4v) is 1.38. The summed E-state index contributed by atoms with van der Waals surface area (Å²) in [5.41, 5.74) is 1.70. The maximum Gasteiger partial charge on any atom is 0.336 e. The molecule has 1 rings (SSSR count). The normalized spacial score (nSPS) is 21.3. The molecule has 0 amide bonds. The summed E-state index contributed by atoms with van der Waals surface area (Å²) in [6.07, 6.45) is 3.73. The van der Waals surface area contributed by atoms with Crippen LogP contribution in [-0.4, -0.2) is 18.6 Å². The average molecular weight is 181 g/mol. The monoisotopic (exact) mass is 181 g/mol. The Morgan fingerprint density at radius 3 is 2.92 bits per heavy atom. The summed E-state index contributed by atoms with van der Waals surface area (Å²) in [5.74, 6) is -0.218. The van der Waals surface area contributed by atoms with E-state index in [1.165, 1.54) is 0 Å². The first kappa shape index (κ1) is 9.84. The molecular formula is C10H15NO2. The van der Waals surface area contributed by atoms with Gasteiger partial charge in [0.2, 0.25) is 0 Å². The summed E-state index contributed by atoms with van der Waals surface area (Å²) >= 11 is 0. The number of esters is 1. The minimum atomic E-state index is -0.218. The predicted octanol–water partition coefficient (Wildman–Crippen LogP) is 1.37. The molecule has 0 radical (unpaired) electrons. The Hall–Kier alpha value is -1.25. The Bertz CT molecular complexity index is 266. The number of allylic oxidation sites excluding steroid dienone is 2. The third-order valence-electron chi connectivity index (χ3n) is 2.03. The van der Waals surface area contributed by atoms with Crippen LogP contribution in [0.5, 0.6) is 0 Å². The molecule has 0 fully saturated rings. The highest BCUT2D eigenvalue weighted by atomic mass is 16.5. The second-order valence-corrected chi connectivity index (χ2v) is 3.04. The molecule has 13 heavy (non-hydrogen) atoms. The molecule has 0 aromatic rings. The number of hydrogen-bond donors (Lipinski definition) is 1. The van der Waals surface area contributed by atoms with Gasteiger partial charge in [-0.25, -0.2) is 4.79 Å². The zero-order chi connectivity index (χ0) is 9.84. The van der Waals surface area contributed by atoms with Gasteiger partial charge in [0.15, 0.2) is 0 Å². The van der Waals surface area contributed by atoms with E-state index in [-0.39, 0.29) is 12.0 Å². The molecule has 0 aromatic carbocycles. The third-order valence-corrected chi connectivity index (χ3v) is 2.03. The summed E-state index contributed by atoms with van der Waals surface area (Å²) in [5, 5.41) is 3.06. The van der Waals surface area contributed by atoms with E-state index in [0.29, 0.717) is 6.61 Å². The molecule has 0 spiro atoms. The molecule has 0 saturated heterocycles. The minimum Gasteiger partial charge on any atom is -0.463 e. The van der Waals surface area contributed by atoms with Crippen molar-refractivity contribution in [1.82, 2.24) is 5.32 Å². The lowest BCUT2D eigenvalue weighted by molar-refractivity contribution is -0.138. The summed E-state index contributed by atoms with van der Waals surface area (Å²) in [6.45, 7) is 6.09. The SMILES string of the molecule is CCOC(=O)C1=C(C)C=CNC1C. The topological polar surface area (TPSA) is 38.3 Å². The Labute approximate surface area is 78.5 Å². The molecule has 0 bridgehead atoms. The van der Waals surface area contributed by atoms with E-state index < -0.39 is 0 Å². The third kappa shape index (κ3) is 2.11. The molecule has 72 valence electrons. The van der Waals surface area contributed by atoms with Gasteiger partial charge in [-0.15, -0.1) is 0 Å². The van der Waals surface area contributed by atoms with Crippen LogP contribution in [-0.2, 0) is 9.53 Å². The lowest BCUT2D eigenvalue weighted by Gasteiger charge is -2.20. The molecule has 1 aliphatic heterocycles. The van der Waals surface area contributed by atoms with Gasteiger partial charge < -0.3 is 10.1 Å². The van der Waals surface area contributed by atoms with Crippen LogP contribution >= 0.6 is 0 Å². The Kier molecular flexibility index (Phi) is 3.12. The summed E-state index contributed by atoms with van der Waals surface area (Å²) in [7, 11) is 0. The zero-order valence-corrected chi connectivity index (χ0v) is 8.26. The van der Waals surface area contributed by atoms with Gasteiger partial charge in [-0.1, -0.05) is 0 Å². The molecule has 3 nitrogen and oxygen atoms in total. The quantitative estimate of drug-likeness (QED) is 0.654. The van der Waals surface area contributed by atoms with Crippen LogP contribution in [0.25, 0.3) is 0 Å². The zero-order valence-electron chi connectivity index (χ0n) is 8.26. The van der Waals surface area contributed by atoms with Crippen molar-refractivity contribution in [2.75, 3.05) is 6.61 Å². The maximum atomic E-state index is 11.5. The number of carbonyl (C=O) groups is 1. The molecule has 1 heterocycles. The van der Waals surface area contributed by atoms with Crippen molar-refractivity contribution in [2.45, 2.75) is 26.8 Å². The number of dihydropyridines is 1. The molecule has 1 atom stereocenters. The maximum absolute atomic E-state index is 11.5. The van der Waals surface area contributed by atoms with Crippen molar-refractivity contribution in [2.24, 2.45) is 0 Å². The highest BCUT2D eigenvalue weighted by Gasteiger charge is 2.21. The molecule has 1 unspecified atom stereocenters. The van der Waals surface area contributed by atoms with Gasteiger partial charge in [0.25, 0.3) is 0 Å². The van der Waals surface area contributed by atoms with Gasteiger partial charge >= 0.3 is 5.97 Å². The molecule has 1 N–H and O–H groups in total. The summed E-state index contributed by atoms with van der Waals surface area (Å²) < 4.78 is 4.95. The number of nitrogens with one attached hydrogen (secondary N) is 1. The van der Waals surface area contributed by atoms with Gasteiger partial charge in [-0.2, -0.15) is 0 Å². The van der Waals surface area contributed by atoms with Gasteiger partial charge in [0.05, 0.1) is 18.2 Å². The number of carbonyl (C=O) groups excluding carboxylic acids is 1. The predicted molar refractivity (Wildman–Crippen MR) is 51.1 cm³/mol. The van der Waals surface area contributed by atoms with Crippen LogP contribution < -0.4 is 5.32 Å². The second-order valence-electron chi connectivity index (χ2n) is 3.04. The van der Waals surface area contributed by atoms with Crippen molar-refractivity contribution in [3.8, 4) is 0 Å². The van der Waals surface area contributed by atoms with Crippen molar-refractivity contribution < 1.29 is 9.53 Å². The van der Waals surface area contributed by atoms with E-state index in [9.17, 15) is 4.79 Å². The Balaban J connectivity index is 2.85. The lowest BCUT2D eigenvalue weighted by Crippen LogP contribution is -2.31. The van der Waals surface area contributed by atoms with E-state index in [2.05, 4.69) is 5.32 Å². The standard InChI is InChI=1S/C10H15NO2/c1-4-13-10(12)9-7(2)5-6-11-8(9)3/h5-6,8,11H,4H2,1-3H3. The molecular weight excluding hydrogens is 166 g/mol. The van der Waals surface area contributed by atoms with Crippen LogP contribution in [0.15, 0.2) is 23.4 Å². The van der Waals surface area contributed by atoms with Crippen LogP contribution in [0.4, 0.5) is 0 Å². The molecule has 1 aliphatic rings. The smallest absolute Gasteiger partial charge is 0.336 e. The highest BCUT2D eigenvalue weighted by Crippen LogP contribution is 2.15. The number of ether oxygens (including phenoxy) is 1. The molecule has 3 heteroatoms. The van der Waals surface area contributed by atoms with Crippen molar-refractivity contribution in [1.29, 1.82) is 0 Å². The van der Waals surface area contributed by atoms with Crippen molar-refractivity contribution in [3.05, 3.63) is 23.4 Å². The number of rotatable bonds is 2. The van der Waals surface area contributed by atoms with Crippen LogP contribution in [0.1, 0.15) is 20.8 Å². The van der Waals surface area contributed by atoms with Crippen LogP contribution in [0, 0.1) is 0 Å². The summed E-state index contributed by atoms with van der Waals surface area (Å²) in [4.78, 5) is 11.5. The van der Waals surface area contributed by atoms with Gasteiger partial charge in [0.1, 0.15) is 0 Å². The van der Waals surface area contributed by atoms with E-state index >= 15 is 0 Å². The average Bonchev–Trinajstić information content (AvgIpc) is 2.04. The van der Waals surface area contributed by atoms with Crippen molar-refractivity contribution >= 4 is 5.97 Å². The largest absolute Gasteiger partial charge is 0.463 e. The highest BCUT2D eigenvalue weighted by molar-refractivity contribution is 5.91.